The van der Waals surface area contributed by atoms with Gasteiger partial charge in [-0.15, -0.1) is 0 Å². The maximum absolute atomic E-state index is 6.00. The predicted molar refractivity (Wildman–Crippen MR) is 60.2 cm³/mol. The van der Waals surface area contributed by atoms with Gasteiger partial charge in [-0.3, -0.25) is 4.98 Å². The van der Waals surface area contributed by atoms with E-state index in [4.69, 9.17) is 17.3 Å². The number of rotatable bonds is 4. The Hall–Kier alpha value is -0.860. The summed E-state index contributed by atoms with van der Waals surface area (Å²) in [7, 11) is 0. The lowest BCUT2D eigenvalue weighted by Gasteiger charge is -2.13. The summed E-state index contributed by atoms with van der Waals surface area (Å²) in [5.74, 6) is 0. The molecule has 1 heterocycles. The molecule has 1 rings (SSSR count). The van der Waals surface area contributed by atoms with E-state index >= 15 is 0 Å². The minimum atomic E-state index is -0.0713. The number of aromatic nitrogens is 1. The molecule has 1 aromatic rings. The summed E-state index contributed by atoms with van der Waals surface area (Å²) in [6.07, 6.45) is 5.05. The molecule has 14 heavy (non-hydrogen) atoms. The SMILES string of the molecule is C=C(CC)CC(N)c1ccncc1Cl. The average molecular weight is 211 g/mol. The molecule has 0 radical (unpaired) electrons. The van der Waals surface area contributed by atoms with Crippen LogP contribution >= 0.6 is 11.6 Å². The van der Waals surface area contributed by atoms with Crippen LogP contribution in [0.5, 0.6) is 0 Å². The van der Waals surface area contributed by atoms with E-state index in [0.29, 0.717) is 5.02 Å². The molecular weight excluding hydrogens is 196 g/mol. The van der Waals surface area contributed by atoms with E-state index in [1.54, 1.807) is 12.4 Å². The molecule has 3 heteroatoms. The highest BCUT2D eigenvalue weighted by atomic mass is 35.5. The standard InChI is InChI=1S/C11H15ClN2/c1-3-8(2)6-11(13)9-4-5-14-7-10(9)12/h4-5,7,11H,2-3,6,13H2,1H3. The summed E-state index contributed by atoms with van der Waals surface area (Å²) in [5, 5.41) is 0.629. The largest absolute Gasteiger partial charge is 0.324 e. The van der Waals surface area contributed by atoms with Crippen LogP contribution in [0.25, 0.3) is 0 Å². The first-order valence-corrected chi connectivity index (χ1v) is 5.04. The third-order valence-electron chi connectivity index (χ3n) is 2.21. The zero-order valence-corrected chi connectivity index (χ0v) is 9.09. The molecule has 1 unspecified atom stereocenters. The molecule has 0 aliphatic carbocycles. The van der Waals surface area contributed by atoms with Gasteiger partial charge in [0.1, 0.15) is 0 Å². The molecule has 1 aromatic heterocycles. The summed E-state index contributed by atoms with van der Waals surface area (Å²) in [5.41, 5.74) is 8.08. The van der Waals surface area contributed by atoms with Gasteiger partial charge in [-0.1, -0.05) is 30.7 Å². The monoisotopic (exact) mass is 210 g/mol. The van der Waals surface area contributed by atoms with E-state index in [0.717, 1.165) is 24.0 Å². The number of nitrogens with two attached hydrogens (primary N) is 1. The first kappa shape index (κ1) is 11.2. The predicted octanol–water partition coefficient (Wildman–Crippen LogP) is 3.09. The second kappa shape index (κ2) is 5.13. The van der Waals surface area contributed by atoms with Crippen molar-refractivity contribution in [3.63, 3.8) is 0 Å². The van der Waals surface area contributed by atoms with Crippen molar-refractivity contribution < 1.29 is 0 Å². The molecule has 1 atom stereocenters. The van der Waals surface area contributed by atoms with E-state index in [1.807, 2.05) is 6.07 Å². The summed E-state index contributed by atoms with van der Waals surface area (Å²) in [6, 6.07) is 1.79. The molecule has 0 saturated heterocycles. The Morgan fingerprint density at radius 1 is 1.71 bits per heavy atom. The minimum absolute atomic E-state index is 0.0713. The van der Waals surface area contributed by atoms with Crippen LogP contribution in [0.2, 0.25) is 5.02 Å². The van der Waals surface area contributed by atoms with Gasteiger partial charge < -0.3 is 5.73 Å². The third-order valence-corrected chi connectivity index (χ3v) is 2.53. The number of pyridine rings is 1. The Bertz CT molecular complexity index is 323. The van der Waals surface area contributed by atoms with Crippen LogP contribution < -0.4 is 5.73 Å². The van der Waals surface area contributed by atoms with Crippen molar-refractivity contribution in [2.45, 2.75) is 25.8 Å². The Balaban J connectivity index is 2.74. The van der Waals surface area contributed by atoms with E-state index in [2.05, 4.69) is 18.5 Å². The molecule has 0 aliphatic heterocycles. The van der Waals surface area contributed by atoms with Gasteiger partial charge in [0.15, 0.2) is 0 Å². The topological polar surface area (TPSA) is 38.9 Å². The number of hydrogen-bond donors (Lipinski definition) is 1. The van der Waals surface area contributed by atoms with Crippen molar-refractivity contribution >= 4 is 11.6 Å². The van der Waals surface area contributed by atoms with Crippen molar-refractivity contribution in [1.29, 1.82) is 0 Å². The maximum atomic E-state index is 6.00. The fourth-order valence-electron chi connectivity index (χ4n) is 1.25. The molecule has 0 saturated carbocycles. The van der Waals surface area contributed by atoms with E-state index < -0.39 is 0 Å². The fraction of sp³-hybridized carbons (Fsp3) is 0.364. The van der Waals surface area contributed by atoms with E-state index in [-0.39, 0.29) is 6.04 Å². The van der Waals surface area contributed by atoms with E-state index in [1.165, 1.54) is 0 Å². The van der Waals surface area contributed by atoms with Crippen LogP contribution in [0.1, 0.15) is 31.4 Å². The lowest BCUT2D eigenvalue weighted by Crippen LogP contribution is -2.11. The summed E-state index contributed by atoms with van der Waals surface area (Å²) < 4.78 is 0. The molecule has 0 spiro atoms. The molecular formula is C11H15ClN2. The Kier molecular flexibility index (Phi) is 4.11. The molecule has 0 aromatic carbocycles. The fourth-order valence-corrected chi connectivity index (χ4v) is 1.51. The molecule has 76 valence electrons. The van der Waals surface area contributed by atoms with Crippen molar-refractivity contribution in [2.75, 3.05) is 0 Å². The van der Waals surface area contributed by atoms with Gasteiger partial charge in [0.25, 0.3) is 0 Å². The first-order valence-electron chi connectivity index (χ1n) is 4.66. The van der Waals surface area contributed by atoms with Gasteiger partial charge >= 0.3 is 0 Å². The molecule has 2 nitrogen and oxygen atoms in total. The van der Waals surface area contributed by atoms with Crippen LogP contribution in [0, 0.1) is 0 Å². The number of hydrogen-bond acceptors (Lipinski definition) is 2. The molecule has 0 fully saturated rings. The number of halogens is 1. The van der Waals surface area contributed by atoms with Crippen molar-refractivity contribution in [2.24, 2.45) is 5.73 Å². The third kappa shape index (κ3) is 2.82. The van der Waals surface area contributed by atoms with Crippen LogP contribution in [-0.2, 0) is 0 Å². The second-order valence-corrected chi connectivity index (χ2v) is 3.72. The Labute approximate surface area is 89.8 Å². The summed E-state index contributed by atoms with van der Waals surface area (Å²) in [4.78, 5) is 3.92. The van der Waals surface area contributed by atoms with Crippen molar-refractivity contribution in [1.82, 2.24) is 4.98 Å². The van der Waals surface area contributed by atoms with Crippen LogP contribution in [0.4, 0.5) is 0 Å². The van der Waals surface area contributed by atoms with Crippen LogP contribution in [0.3, 0.4) is 0 Å². The van der Waals surface area contributed by atoms with Gasteiger partial charge in [0.2, 0.25) is 0 Å². The minimum Gasteiger partial charge on any atom is -0.324 e. The maximum Gasteiger partial charge on any atom is 0.0637 e. The highest BCUT2D eigenvalue weighted by Crippen LogP contribution is 2.24. The van der Waals surface area contributed by atoms with Gasteiger partial charge in [-0.2, -0.15) is 0 Å². The van der Waals surface area contributed by atoms with Gasteiger partial charge in [0, 0.05) is 18.4 Å². The average Bonchev–Trinajstić information content (AvgIpc) is 2.18. The van der Waals surface area contributed by atoms with E-state index in [9.17, 15) is 0 Å². The van der Waals surface area contributed by atoms with Crippen LogP contribution in [-0.4, -0.2) is 4.98 Å². The quantitative estimate of drug-likeness (QED) is 0.776. The molecule has 0 amide bonds. The highest BCUT2D eigenvalue weighted by Gasteiger charge is 2.10. The lowest BCUT2D eigenvalue weighted by atomic mass is 10.0. The first-order chi connectivity index (χ1) is 6.65. The van der Waals surface area contributed by atoms with Crippen molar-refractivity contribution in [3.05, 3.63) is 41.2 Å². The Morgan fingerprint density at radius 2 is 2.43 bits per heavy atom. The molecule has 0 aliphatic rings. The highest BCUT2D eigenvalue weighted by molar-refractivity contribution is 6.31. The van der Waals surface area contributed by atoms with Gasteiger partial charge in [-0.25, -0.2) is 0 Å². The van der Waals surface area contributed by atoms with Crippen molar-refractivity contribution in [3.8, 4) is 0 Å². The second-order valence-electron chi connectivity index (χ2n) is 3.31. The Morgan fingerprint density at radius 3 is 3.00 bits per heavy atom. The molecule has 2 N–H and O–H groups in total. The summed E-state index contributed by atoms with van der Waals surface area (Å²) >= 11 is 5.97. The zero-order chi connectivity index (χ0) is 10.6. The normalized spacial score (nSPS) is 12.5. The lowest BCUT2D eigenvalue weighted by molar-refractivity contribution is 0.700. The van der Waals surface area contributed by atoms with Crippen LogP contribution in [0.15, 0.2) is 30.6 Å². The van der Waals surface area contributed by atoms with Gasteiger partial charge in [-0.05, 0) is 24.5 Å². The number of nitrogens with zero attached hydrogens (tertiary/aromatic N) is 1. The zero-order valence-electron chi connectivity index (χ0n) is 8.33. The smallest absolute Gasteiger partial charge is 0.0637 e. The van der Waals surface area contributed by atoms with Gasteiger partial charge in [0.05, 0.1) is 5.02 Å². The summed E-state index contributed by atoms with van der Waals surface area (Å²) in [6.45, 7) is 6.00. The molecule has 0 bridgehead atoms.